The minimum Gasteiger partial charge on any atom is -0.462 e. The Hall–Kier alpha value is -4.50. The molecule has 4 rings (SSSR count). The average Bonchev–Trinajstić information content (AvgIpc) is 2.85. The van der Waals surface area contributed by atoms with Crippen molar-refractivity contribution in [3.8, 4) is 28.6 Å². The Balaban J connectivity index is 1.77. The van der Waals surface area contributed by atoms with Gasteiger partial charge in [-0.3, -0.25) is 0 Å². The lowest BCUT2D eigenvalue weighted by Crippen LogP contribution is -2.07. The van der Waals surface area contributed by atoms with E-state index in [9.17, 15) is 10.1 Å². The first-order valence-electron chi connectivity index (χ1n) is 10.2. The molecule has 0 unspecified atom stereocenters. The SMILES string of the molecule is CCOC(=O)/C(C#N)=C/Nc1ccc2nc(-c3ccccc3)c(-c3ccccc3)nc2c1. The van der Waals surface area contributed by atoms with E-state index < -0.39 is 5.97 Å². The fraction of sp³-hybridized carbons (Fsp3) is 0.0769. The van der Waals surface area contributed by atoms with Gasteiger partial charge in [0, 0.05) is 23.0 Å². The molecule has 1 N–H and O–H groups in total. The molecule has 4 aromatic rings. The number of esters is 1. The van der Waals surface area contributed by atoms with E-state index in [2.05, 4.69) is 5.32 Å². The van der Waals surface area contributed by atoms with Gasteiger partial charge in [-0.15, -0.1) is 0 Å². The van der Waals surface area contributed by atoms with Gasteiger partial charge < -0.3 is 10.1 Å². The highest BCUT2D eigenvalue weighted by atomic mass is 16.5. The zero-order valence-corrected chi connectivity index (χ0v) is 17.4. The van der Waals surface area contributed by atoms with E-state index >= 15 is 0 Å². The molecule has 0 spiro atoms. The van der Waals surface area contributed by atoms with Gasteiger partial charge >= 0.3 is 5.97 Å². The number of aromatic nitrogens is 2. The first kappa shape index (κ1) is 20.8. The molecule has 6 heteroatoms. The second kappa shape index (κ2) is 9.54. The Morgan fingerprint density at radius 1 is 0.938 bits per heavy atom. The van der Waals surface area contributed by atoms with E-state index in [0.29, 0.717) is 11.2 Å². The van der Waals surface area contributed by atoms with Crippen molar-refractivity contribution in [3.05, 3.63) is 90.6 Å². The number of carbonyl (C=O) groups excluding carboxylic acids is 1. The lowest BCUT2D eigenvalue weighted by Gasteiger charge is -2.11. The standard InChI is InChI=1S/C26H20N4O2/c1-2-32-26(31)20(16-27)17-28-21-13-14-22-23(15-21)30-25(19-11-7-4-8-12-19)24(29-22)18-9-5-3-6-10-18/h3-15,17,28H,2H2,1H3/b20-17+. The molecule has 0 radical (unpaired) electrons. The minimum absolute atomic E-state index is 0.109. The van der Waals surface area contributed by atoms with Crippen LogP contribution in [0.4, 0.5) is 5.69 Å². The zero-order chi connectivity index (χ0) is 22.3. The van der Waals surface area contributed by atoms with Crippen molar-refractivity contribution in [1.82, 2.24) is 9.97 Å². The minimum atomic E-state index is -0.665. The number of anilines is 1. The molecule has 0 amide bonds. The molecule has 0 aliphatic carbocycles. The van der Waals surface area contributed by atoms with Crippen LogP contribution in [0.3, 0.4) is 0 Å². The molecule has 0 atom stereocenters. The van der Waals surface area contributed by atoms with Crippen molar-refractivity contribution < 1.29 is 9.53 Å². The summed E-state index contributed by atoms with van der Waals surface area (Å²) in [6.07, 6.45) is 1.34. The van der Waals surface area contributed by atoms with Gasteiger partial charge in [0.25, 0.3) is 0 Å². The summed E-state index contributed by atoms with van der Waals surface area (Å²) >= 11 is 0. The Bertz CT molecular complexity index is 1330. The lowest BCUT2D eigenvalue weighted by molar-refractivity contribution is -0.138. The van der Waals surface area contributed by atoms with Crippen molar-refractivity contribution >= 4 is 22.7 Å². The third-order valence-corrected chi connectivity index (χ3v) is 4.76. The number of nitrogens with zero attached hydrogens (tertiary/aromatic N) is 3. The average molecular weight is 420 g/mol. The molecule has 0 aliphatic heterocycles. The normalized spacial score (nSPS) is 11.1. The quantitative estimate of drug-likeness (QED) is 0.257. The summed E-state index contributed by atoms with van der Waals surface area (Å²) in [4.78, 5) is 21.6. The van der Waals surface area contributed by atoms with Crippen LogP contribution in [0.25, 0.3) is 33.5 Å². The number of hydrogen-bond donors (Lipinski definition) is 1. The lowest BCUT2D eigenvalue weighted by atomic mass is 10.0. The smallest absolute Gasteiger partial charge is 0.350 e. The van der Waals surface area contributed by atoms with Crippen LogP contribution in [-0.4, -0.2) is 22.5 Å². The Kier molecular flexibility index (Phi) is 6.19. The van der Waals surface area contributed by atoms with Gasteiger partial charge in [-0.2, -0.15) is 5.26 Å². The highest BCUT2D eigenvalue weighted by Gasteiger charge is 2.14. The van der Waals surface area contributed by atoms with Crippen molar-refractivity contribution in [2.45, 2.75) is 6.92 Å². The van der Waals surface area contributed by atoms with Gasteiger partial charge in [-0.1, -0.05) is 60.7 Å². The van der Waals surface area contributed by atoms with Gasteiger partial charge in [0.2, 0.25) is 0 Å². The third kappa shape index (κ3) is 4.47. The summed E-state index contributed by atoms with van der Waals surface area (Å²) in [6.45, 7) is 1.89. The topological polar surface area (TPSA) is 87.9 Å². The van der Waals surface area contributed by atoms with Crippen molar-refractivity contribution in [3.63, 3.8) is 0 Å². The first-order valence-corrected chi connectivity index (χ1v) is 10.2. The van der Waals surface area contributed by atoms with Crippen LogP contribution in [0.5, 0.6) is 0 Å². The maximum Gasteiger partial charge on any atom is 0.350 e. The predicted molar refractivity (Wildman–Crippen MR) is 124 cm³/mol. The first-order chi connectivity index (χ1) is 15.7. The summed E-state index contributed by atoms with van der Waals surface area (Å²) in [5, 5.41) is 12.2. The number of nitrogens with one attached hydrogen (secondary N) is 1. The molecule has 0 saturated heterocycles. The monoisotopic (exact) mass is 420 g/mol. The number of fused-ring (bicyclic) bond motifs is 1. The molecule has 0 aliphatic rings. The summed E-state index contributed by atoms with van der Waals surface area (Å²) in [6, 6.07) is 27.2. The van der Waals surface area contributed by atoms with Crippen LogP contribution in [0.2, 0.25) is 0 Å². The fourth-order valence-corrected chi connectivity index (χ4v) is 3.24. The molecule has 1 aromatic heterocycles. The van der Waals surface area contributed by atoms with E-state index in [0.717, 1.165) is 28.0 Å². The van der Waals surface area contributed by atoms with Crippen LogP contribution in [-0.2, 0) is 9.53 Å². The number of nitriles is 1. The van der Waals surface area contributed by atoms with Crippen molar-refractivity contribution in [1.29, 1.82) is 5.26 Å². The van der Waals surface area contributed by atoms with Crippen LogP contribution in [0.1, 0.15) is 6.92 Å². The summed E-state index contributed by atoms with van der Waals surface area (Å²) in [7, 11) is 0. The Morgan fingerprint density at radius 2 is 1.53 bits per heavy atom. The van der Waals surface area contributed by atoms with E-state index in [4.69, 9.17) is 14.7 Å². The highest BCUT2D eigenvalue weighted by Crippen LogP contribution is 2.31. The molecule has 0 saturated carbocycles. The molecule has 156 valence electrons. The summed E-state index contributed by atoms with van der Waals surface area (Å²) < 4.78 is 4.88. The summed E-state index contributed by atoms with van der Waals surface area (Å²) in [5.41, 5.74) is 5.53. The second-order valence-electron chi connectivity index (χ2n) is 6.89. The Labute approximate surface area is 185 Å². The molecule has 0 fully saturated rings. The van der Waals surface area contributed by atoms with Gasteiger partial charge in [-0.05, 0) is 25.1 Å². The van der Waals surface area contributed by atoms with Crippen molar-refractivity contribution in [2.75, 3.05) is 11.9 Å². The Morgan fingerprint density at radius 3 is 2.09 bits per heavy atom. The molecule has 6 nitrogen and oxygen atoms in total. The predicted octanol–water partition coefficient (Wildman–Crippen LogP) is 5.35. The number of ether oxygens (including phenoxy) is 1. The van der Waals surface area contributed by atoms with Crippen LogP contribution < -0.4 is 5.32 Å². The van der Waals surface area contributed by atoms with Crippen LogP contribution in [0.15, 0.2) is 90.6 Å². The fourth-order valence-electron chi connectivity index (χ4n) is 3.24. The van der Waals surface area contributed by atoms with Gasteiger partial charge in [0.05, 0.1) is 29.0 Å². The van der Waals surface area contributed by atoms with Gasteiger partial charge in [-0.25, -0.2) is 14.8 Å². The molecule has 32 heavy (non-hydrogen) atoms. The van der Waals surface area contributed by atoms with Crippen LogP contribution in [0, 0.1) is 11.3 Å². The second-order valence-corrected chi connectivity index (χ2v) is 6.89. The van der Waals surface area contributed by atoms with E-state index in [1.807, 2.05) is 84.9 Å². The molecule has 3 aromatic carbocycles. The van der Waals surface area contributed by atoms with Crippen LogP contribution >= 0.6 is 0 Å². The molecular weight excluding hydrogens is 400 g/mol. The van der Waals surface area contributed by atoms with Gasteiger partial charge in [0.1, 0.15) is 6.07 Å². The number of hydrogen-bond acceptors (Lipinski definition) is 6. The molecular formula is C26H20N4O2. The van der Waals surface area contributed by atoms with E-state index in [-0.39, 0.29) is 12.2 Å². The maximum absolute atomic E-state index is 11.8. The van der Waals surface area contributed by atoms with Gasteiger partial charge in [0.15, 0.2) is 5.57 Å². The highest BCUT2D eigenvalue weighted by molar-refractivity contribution is 5.93. The molecule has 0 bridgehead atoms. The summed E-state index contributed by atoms with van der Waals surface area (Å²) in [5.74, 6) is -0.665. The third-order valence-electron chi connectivity index (χ3n) is 4.76. The van der Waals surface area contributed by atoms with E-state index in [1.165, 1.54) is 6.20 Å². The molecule has 1 heterocycles. The number of benzene rings is 3. The zero-order valence-electron chi connectivity index (χ0n) is 17.4. The largest absolute Gasteiger partial charge is 0.462 e. The maximum atomic E-state index is 11.8. The van der Waals surface area contributed by atoms with Crippen molar-refractivity contribution in [2.24, 2.45) is 0 Å². The number of carbonyl (C=O) groups is 1. The number of rotatable bonds is 6. The van der Waals surface area contributed by atoms with E-state index in [1.54, 1.807) is 6.92 Å².